The predicted octanol–water partition coefficient (Wildman–Crippen LogP) is 10.9. The van der Waals surface area contributed by atoms with Gasteiger partial charge in [-0.05, 0) is 75.9 Å². The van der Waals surface area contributed by atoms with Crippen molar-refractivity contribution in [3.63, 3.8) is 0 Å². The maximum absolute atomic E-state index is 10.3. The van der Waals surface area contributed by atoms with Crippen molar-refractivity contribution in [2.24, 2.45) is 0 Å². The van der Waals surface area contributed by atoms with Gasteiger partial charge < -0.3 is 4.42 Å². The lowest BCUT2D eigenvalue weighted by Crippen LogP contribution is -2.52. The normalized spacial score (nSPS) is 17.4. The minimum absolute atomic E-state index is 0.00549. The van der Waals surface area contributed by atoms with Crippen molar-refractivity contribution in [1.29, 1.82) is 5.26 Å². The smallest absolute Gasteiger partial charge is 0.217 e. The third kappa shape index (κ3) is 4.26. The molecule has 0 N–H and O–H groups in total. The Hall–Kier alpha value is -6.31. The Kier molecular flexibility index (Phi) is 6.51. The first kappa shape index (κ1) is 30.5. The van der Waals surface area contributed by atoms with Crippen molar-refractivity contribution in [2.45, 2.75) is 44.2 Å². The molecule has 0 radical (unpaired) electrons. The molecule has 0 spiro atoms. The van der Waals surface area contributed by atoms with Crippen LogP contribution in [0.15, 0.2) is 151 Å². The third-order valence-corrected chi connectivity index (χ3v) is 11.5. The van der Waals surface area contributed by atoms with E-state index < -0.39 is 0 Å². The zero-order valence-electron chi connectivity index (χ0n) is 29.5. The fraction of sp³-hybridized carbons (Fsp3) is 0.146. The molecule has 0 fully saturated rings. The van der Waals surface area contributed by atoms with Gasteiger partial charge >= 0.3 is 0 Å². The monoisotopic (exact) mass is 671 g/mol. The number of furan rings is 1. The van der Waals surface area contributed by atoms with Crippen LogP contribution < -0.4 is 9.13 Å². The van der Waals surface area contributed by atoms with E-state index in [1.54, 1.807) is 0 Å². The molecule has 0 bridgehead atoms. The Bertz CT molecular complexity index is 2850. The van der Waals surface area contributed by atoms with Gasteiger partial charge in [-0.1, -0.05) is 88.0 Å². The number of allylic oxidation sites excluding steroid dienone is 1. The summed E-state index contributed by atoms with van der Waals surface area (Å²) in [6.45, 7) is 11.3. The molecule has 52 heavy (non-hydrogen) atoms. The lowest BCUT2D eigenvalue weighted by molar-refractivity contribution is -0.739. The molecule has 2 aliphatic heterocycles. The SMILES string of the molecule is C=CC1C(C2c3ccc4c(oc5c(-c6ccc7ccccc7c6)c(C#N)ccc54)c3-c3cccc[n+]32)c2ccccc2-c2ccc(C(C)(C)C)c[n+]21. The fourth-order valence-electron chi connectivity index (χ4n) is 9.01. The lowest BCUT2D eigenvalue weighted by atomic mass is 9.76. The second kappa shape index (κ2) is 11.1. The Morgan fingerprint density at radius 1 is 0.712 bits per heavy atom. The molecule has 4 heteroatoms. The molecule has 5 heterocycles. The first-order chi connectivity index (χ1) is 25.4. The highest BCUT2D eigenvalue weighted by Crippen LogP contribution is 2.52. The molecule has 0 aliphatic carbocycles. The van der Waals surface area contributed by atoms with E-state index in [2.05, 4.69) is 170 Å². The average molecular weight is 672 g/mol. The zero-order valence-corrected chi connectivity index (χ0v) is 29.5. The number of nitrogens with zero attached hydrogens (tertiary/aromatic N) is 3. The first-order valence-corrected chi connectivity index (χ1v) is 18.0. The summed E-state index contributed by atoms with van der Waals surface area (Å²) in [6, 6.07) is 45.6. The van der Waals surface area contributed by atoms with Crippen LogP contribution in [0.1, 0.15) is 61.0 Å². The number of aromatic nitrogens is 2. The summed E-state index contributed by atoms with van der Waals surface area (Å²) in [4.78, 5) is 0. The van der Waals surface area contributed by atoms with E-state index in [1.165, 1.54) is 27.9 Å². The summed E-state index contributed by atoms with van der Waals surface area (Å²) in [5.74, 6) is 0.0639. The maximum Gasteiger partial charge on any atom is 0.217 e. The number of pyridine rings is 2. The molecule has 0 saturated heterocycles. The summed E-state index contributed by atoms with van der Waals surface area (Å²) in [6.07, 6.45) is 6.70. The molecule has 0 amide bonds. The number of nitriles is 1. The topological polar surface area (TPSA) is 44.7 Å². The fourth-order valence-corrected chi connectivity index (χ4v) is 9.01. The lowest BCUT2D eigenvalue weighted by Gasteiger charge is -2.31. The minimum Gasteiger partial charge on any atom is -0.454 e. The molecular weight excluding hydrogens is 635 g/mol. The van der Waals surface area contributed by atoms with E-state index >= 15 is 0 Å². The molecule has 10 rings (SSSR count). The van der Waals surface area contributed by atoms with Crippen molar-refractivity contribution in [1.82, 2.24) is 0 Å². The van der Waals surface area contributed by atoms with Gasteiger partial charge in [-0.3, -0.25) is 0 Å². The van der Waals surface area contributed by atoms with E-state index in [9.17, 15) is 5.26 Å². The van der Waals surface area contributed by atoms with Gasteiger partial charge in [-0.25, -0.2) is 0 Å². The summed E-state index contributed by atoms with van der Waals surface area (Å²) in [5, 5.41) is 14.7. The number of rotatable bonds is 3. The largest absolute Gasteiger partial charge is 0.454 e. The molecule has 5 aromatic carbocycles. The molecule has 248 valence electrons. The first-order valence-electron chi connectivity index (χ1n) is 18.0. The van der Waals surface area contributed by atoms with Gasteiger partial charge in [0.25, 0.3) is 0 Å². The summed E-state index contributed by atoms with van der Waals surface area (Å²) < 4.78 is 12.0. The van der Waals surface area contributed by atoms with Gasteiger partial charge in [0.05, 0.1) is 22.8 Å². The third-order valence-electron chi connectivity index (χ3n) is 11.5. The van der Waals surface area contributed by atoms with Crippen LogP contribution in [0.3, 0.4) is 0 Å². The van der Waals surface area contributed by atoms with E-state index in [0.29, 0.717) is 5.56 Å². The molecule has 0 saturated carbocycles. The highest BCUT2D eigenvalue weighted by Gasteiger charge is 2.52. The van der Waals surface area contributed by atoms with Gasteiger partial charge in [0.2, 0.25) is 11.4 Å². The summed E-state index contributed by atoms with van der Waals surface area (Å²) in [5.41, 5.74) is 12.6. The number of benzene rings is 5. The number of hydrogen-bond acceptors (Lipinski definition) is 2. The zero-order chi connectivity index (χ0) is 35.3. The van der Waals surface area contributed by atoms with Gasteiger partial charge in [0.1, 0.15) is 17.1 Å². The Balaban J connectivity index is 1.23. The average Bonchev–Trinajstić information content (AvgIpc) is 3.72. The van der Waals surface area contributed by atoms with Crippen LogP contribution >= 0.6 is 0 Å². The molecule has 3 atom stereocenters. The van der Waals surface area contributed by atoms with E-state index in [-0.39, 0.29) is 23.4 Å². The molecule has 8 aromatic rings. The van der Waals surface area contributed by atoms with Crippen LogP contribution in [0.5, 0.6) is 0 Å². The second-order valence-electron chi connectivity index (χ2n) is 15.3. The van der Waals surface area contributed by atoms with Gasteiger partial charge in [0, 0.05) is 45.7 Å². The van der Waals surface area contributed by atoms with Crippen LogP contribution in [0.2, 0.25) is 0 Å². The predicted molar refractivity (Wildman–Crippen MR) is 208 cm³/mol. The molecular formula is C48H37N3O+2. The van der Waals surface area contributed by atoms with Crippen molar-refractivity contribution in [2.75, 3.05) is 0 Å². The molecule has 4 nitrogen and oxygen atoms in total. The van der Waals surface area contributed by atoms with E-state index in [4.69, 9.17) is 4.42 Å². The van der Waals surface area contributed by atoms with Crippen LogP contribution in [0.4, 0.5) is 0 Å². The molecule has 3 aromatic heterocycles. The van der Waals surface area contributed by atoms with Crippen LogP contribution in [-0.2, 0) is 5.41 Å². The van der Waals surface area contributed by atoms with E-state index in [1.807, 2.05) is 12.1 Å². The van der Waals surface area contributed by atoms with Crippen LogP contribution in [0.25, 0.3) is 66.4 Å². The van der Waals surface area contributed by atoms with Crippen molar-refractivity contribution in [3.8, 4) is 39.7 Å². The molecule has 3 unspecified atom stereocenters. The summed E-state index contributed by atoms with van der Waals surface area (Å²) >= 11 is 0. The van der Waals surface area contributed by atoms with Gasteiger partial charge in [-0.2, -0.15) is 14.4 Å². The summed E-state index contributed by atoms with van der Waals surface area (Å²) in [7, 11) is 0. The van der Waals surface area contributed by atoms with Crippen LogP contribution in [-0.4, -0.2) is 0 Å². The van der Waals surface area contributed by atoms with Crippen LogP contribution in [0, 0.1) is 11.3 Å². The standard InChI is InChI=1S/C48H37N3O/c1-5-39-43(35-15-9-8-14-34(35)40-24-20-33(28-51(39)40)48(2,3)4)45-38-23-22-37-36-21-19-32(27-49)42(31-18-17-29-12-6-7-13-30(29)26-31)46(36)52-47(37)44(38)41-16-10-11-25-50(41)45/h5-26,28,39,43,45H,1H2,2-4H3/q+2. The van der Waals surface area contributed by atoms with Crippen molar-refractivity contribution >= 4 is 32.7 Å². The number of fused-ring (bicyclic) bond motifs is 11. The Morgan fingerprint density at radius 3 is 2.27 bits per heavy atom. The second-order valence-corrected chi connectivity index (χ2v) is 15.3. The minimum atomic E-state index is -0.0125. The quantitative estimate of drug-likeness (QED) is 0.139. The van der Waals surface area contributed by atoms with Crippen molar-refractivity contribution in [3.05, 3.63) is 169 Å². The Labute approximate surface area is 303 Å². The van der Waals surface area contributed by atoms with Gasteiger partial charge in [0.15, 0.2) is 24.5 Å². The highest BCUT2D eigenvalue weighted by atomic mass is 16.3. The van der Waals surface area contributed by atoms with E-state index in [0.717, 1.165) is 55.1 Å². The van der Waals surface area contributed by atoms with Gasteiger partial charge in [-0.15, -0.1) is 0 Å². The van der Waals surface area contributed by atoms with Crippen molar-refractivity contribution < 1.29 is 13.6 Å². The number of hydrogen-bond donors (Lipinski definition) is 0. The Morgan fingerprint density at radius 2 is 1.46 bits per heavy atom. The maximum atomic E-state index is 10.3. The highest BCUT2D eigenvalue weighted by molar-refractivity contribution is 6.14. The molecule has 2 aliphatic rings.